The summed E-state index contributed by atoms with van der Waals surface area (Å²) in [6.45, 7) is 4.37. The number of hydrogen-bond acceptors (Lipinski definition) is 4. The average Bonchev–Trinajstić information content (AvgIpc) is 2.87. The van der Waals surface area contributed by atoms with Crippen molar-refractivity contribution in [3.63, 3.8) is 0 Å². The number of hydrogen-bond donors (Lipinski definition) is 1. The fraction of sp³-hybridized carbons (Fsp3) is 0.333. The number of carboxylic acids is 1. The Morgan fingerprint density at radius 1 is 1.35 bits per heavy atom. The smallest absolute Gasteiger partial charge is 0.317 e. The molecule has 0 atom stereocenters. The van der Waals surface area contributed by atoms with Crippen LogP contribution in [0.25, 0.3) is 11.3 Å². The van der Waals surface area contributed by atoms with Gasteiger partial charge in [-0.05, 0) is 13.8 Å². The monoisotopic (exact) mass is 274 g/mol. The van der Waals surface area contributed by atoms with E-state index in [2.05, 4.69) is 5.16 Å². The molecule has 0 unspecified atom stereocenters. The SMILES string of the molecule is CC(C)N(CC(=O)O)Cc1cc(-c2ccccc2)on1. The maximum absolute atomic E-state index is 10.8. The standard InChI is InChI=1S/C15H18N2O3/c1-11(2)17(10-15(18)19)9-13-8-14(20-16-13)12-6-4-3-5-7-12/h3-8,11H,9-10H2,1-2H3,(H,18,19). The van der Waals surface area contributed by atoms with Gasteiger partial charge in [0.25, 0.3) is 0 Å². The zero-order valence-electron chi connectivity index (χ0n) is 11.6. The normalized spacial score (nSPS) is 11.2. The van der Waals surface area contributed by atoms with Crippen LogP contribution in [-0.2, 0) is 11.3 Å². The first kappa shape index (κ1) is 14.3. The Bertz CT molecular complexity index is 564. The fourth-order valence-electron chi connectivity index (χ4n) is 1.93. The number of carboxylic acid groups (broad SMARTS) is 1. The summed E-state index contributed by atoms with van der Waals surface area (Å²) >= 11 is 0. The van der Waals surface area contributed by atoms with Gasteiger partial charge in [-0.3, -0.25) is 9.69 Å². The summed E-state index contributed by atoms with van der Waals surface area (Å²) in [6, 6.07) is 11.7. The van der Waals surface area contributed by atoms with Crippen LogP contribution in [0.15, 0.2) is 40.9 Å². The van der Waals surface area contributed by atoms with Gasteiger partial charge in [0.2, 0.25) is 0 Å². The van der Waals surface area contributed by atoms with Crippen LogP contribution in [0.3, 0.4) is 0 Å². The fourth-order valence-corrected chi connectivity index (χ4v) is 1.93. The summed E-state index contributed by atoms with van der Waals surface area (Å²) in [5.74, 6) is -0.148. The third kappa shape index (κ3) is 3.68. The lowest BCUT2D eigenvalue weighted by atomic mass is 10.1. The zero-order valence-corrected chi connectivity index (χ0v) is 11.6. The lowest BCUT2D eigenvalue weighted by molar-refractivity contribution is -0.139. The summed E-state index contributed by atoms with van der Waals surface area (Å²) in [6.07, 6.45) is 0. The van der Waals surface area contributed by atoms with E-state index in [1.807, 2.05) is 55.1 Å². The highest BCUT2D eigenvalue weighted by Gasteiger charge is 2.16. The maximum atomic E-state index is 10.8. The molecule has 106 valence electrons. The van der Waals surface area contributed by atoms with Gasteiger partial charge in [-0.15, -0.1) is 0 Å². The molecule has 0 aliphatic rings. The van der Waals surface area contributed by atoms with Crippen molar-refractivity contribution >= 4 is 5.97 Å². The number of carbonyl (C=O) groups is 1. The van der Waals surface area contributed by atoms with Gasteiger partial charge < -0.3 is 9.63 Å². The lowest BCUT2D eigenvalue weighted by Crippen LogP contribution is -2.35. The van der Waals surface area contributed by atoms with Crippen molar-refractivity contribution < 1.29 is 14.4 Å². The van der Waals surface area contributed by atoms with Crippen LogP contribution in [0.4, 0.5) is 0 Å². The lowest BCUT2D eigenvalue weighted by Gasteiger charge is -2.22. The van der Waals surface area contributed by atoms with Crippen molar-refractivity contribution in [3.05, 3.63) is 42.1 Å². The quantitative estimate of drug-likeness (QED) is 0.877. The number of benzene rings is 1. The van der Waals surface area contributed by atoms with E-state index in [9.17, 15) is 4.79 Å². The topological polar surface area (TPSA) is 66.6 Å². The van der Waals surface area contributed by atoms with Crippen LogP contribution in [-0.4, -0.2) is 33.7 Å². The third-order valence-corrected chi connectivity index (χ3v) is 3.05. The van der Waals surface area contributed by atoms with Gasteiger partial charge in [-0.2, -0.15) is 0 Å². The van der Waals surface area contributed by atoms with Crippen molar-refractivity contribution in [2.24, 2.45) is 0 Å². The summed E-state index contributed by atoms with van der Waals surface area (Å²) in [7, 11) is 0. The Labute approximate surface area is 117 Å². The van der Waals surface area contributed by atoms with Crippen molar-refractivity contribution in [3.8, 4) is 11.3 Å². The molecular formula is C15H18N2O3. The molecule has 0 aliphatic carbocycles. The molecule has 0 saturated heterocycles. The predicted octanol–water partition coefficient (Wildman–Crippen LogP) is 2.64. The Morgan fingerprint density at radius 2 is 2.05 bits per heavy atom. The van der Waals surface area contributed by atoms with Crippen LogP contribution in [0.1, 0.15) is 19.5 Å². The first-order valence-electron chi connectivity index (χ1n) is 6.53. The molecule has 1 aromatic carbocycles. The van der Waals surface area contributed by atoms with E-state index < -0.39 is 5.97 Å². The van der Waals surface area contributed by atoms with E-state index in [1.165, 1.54) is 0 Å². The highest BCUT2D eigenvalue weighted by Crippen LogP contribution is 2.20. The molecule has 0 saturated carbocycles. The van der Waals surface area contributed by atoms with Crippen molar-refractivity contribution in [2.75, 3.05) is 6.54 Å². The largest absolute Gasteiger partial charge is 0.480 e. The summed E-state index contributed by atoms with van der Waals surface area (Å²) in [5.41, 5.74) is 1.69. The number of rotatable bonds is 6. The molecule has 0 spiro atoms. The van der Waals surface area contributed by atoms with Crippen LogP contribution in [0.2, 0.25) is 0 Å². The Morgan fingerprint density at radius 3 is 2.65 bits per heavy atom. The van der Waals surface area contributed by atoms with E-state index in [0.29, 0.717) is 12.3 Å². The van der Waals surface area contributed by atoms with Crippen LogP contribution in [0.5, 0.6) is 0 Å². The highest BCUT2D eigenvalue weighted by atomic mass is 16.5. The molecule has 2 rings (SSSR count). The first-order chi connectivity index (χ1) is 9.56. The third-order valence-electron chi connectivity index (χ3n) is 3.05. The highest BCUT2D eigenvalue weighted by molar-refractivity contribution is 5.69. The van der Waals surface area contributed by atoms with Gasteiger partial charge in [0, 0.05) is 24.2 Å². The molecule has 5 heteroatoms. The Hall–Kier alpha value is -2.14. The minimum absolute atomic E-state index is 0.00873. The van der Waals surface area contributed by atoms with E-state index >= 15 is 0 Å². The molecule has 0 bridgehead atoms. The first-order valence-corrected chi connectivity index (χ1v) is 6.53. The van der Waals surface area contributed by atoms with Crippen molar-refractivity contribution in [2.45, 2.75) is 26.4 Å². The van der Waals surface area contributed by atoms with Crippen molar-refractivity contribution in [1.82, 2.24) is 10.1 Å². The minimum atomic E-state index is -0.842. The van der Waals surface area contributed by atoms with E-state index in [4.69, 9.17) is 9.63 Å². The Kier molecular flexibility index (Phi) is 4.53. The molecule has 1 N–H and O–H groups in total. The molecule has 1 heterocycles. The van der Waals surface area contributed by atoms with Gasteiger partial charge in [-0.25, -0.2) is 0 Å². The van der Waals surface area contributed by atoms with Gasteiger partial charge in [-0.1, -0.05) is 35.5 Å². The summed E-state index contributed by atoms with van der Waals surface area (Å²) in [4.78, 5) is 12.7. The summed E-state index contributed by atoms with van der Waals surface area (Å²) < 4.78 is 5.31. The maximum Gasteiger partial charge on any atom is 0.317 e. The molecule has 2 aromatic rings. The number of aromatic nitrogens is 1. The van der Waals surface area contributed by atoms with E-state index in [1.54, 1.807) is 0 Å². The molecular weight excluding hydrogens is 256 g/mol. The second-order valence-electron chi connectivity index (χ2n) is 4.94. The van der Waals surface area contributed by atoms with Gasteiger partial charge in [0.05, 0.1) is 12.2 Å². The van der Waals surface area contributed by atoms with E-state index in [-0.39, 0.29) is 12.6 Å². The molecule has 1 aromatic heterocycles. The summed E-state index contributed by atoms with van der Waals surface area (Å²) in [5, 5.41) is 12.9. The van der Waals surface area contributed by atoms with Gasteiger partial charge >= 0.3 is 5.97 Å². The average molecular weight is 274 g/mol. The molecule has 0 radical (unpaired) electrons. The predicted molar refractivity (Wildman–Crippen MR) is 75.1 cm³/mol. The second-order valence-corrected chi connectivity index (χ2v) is 4.94. The van der Waals surface area contributed by atoms with Crippen LogP contribution in [0, 0.1) is 0 Å². The molecule has 0 aliphatic heterocycles. The van der Waals surface area contributed by atoms with E-state index in [0.717, 1.165) is 11.3 Å². The van der Waals surface area contributed by atoms with Crippen LogP contribution >= 0.6 is 0 Å². The van der Waals surface area contributed by atoms with Crippen molar-refractivity contribution in [1.29, 1.82) is 0 Å². The number of aliphatic carboxylic acids is 1. The molecule has 0 fully saturated rings. The van der Waals surface area contributed by atoms with Gasteiger partial charge in [0.15, 0.2) is 5.76 Å². The molecule has 20 heavy (non-hydrogen) atoms. The molecule has 5 nitrogen and oxygen atoms in total. The van der Waals surface area contributed by atoms with Gasteiger partial charge in [0.1, 0.15) is 0 Å². The minimum Gasteiger partial charge on any atom is -0.480 e. The molecule has 0 amide bonds. The zero-order chi connectivity index (χ0) is 14.5. The van der Waals surface area contributed by atoms with Crippen LogP contribution < -0.4 is 0 Å². The second kappa shape index (κ2) is 6.34. The Balaban J connectivity index is 2.10. The number of nitrogens with zero attached hydrogens (tertiary/aromatic N) is 2.